The minimum atomic E-state index is -0.439. The molecule has 7 rings (SSSR count). The van der Waals surface area contributed by atoms with Crippen molar-refractivity contribution in [2.75, 3.05) is 50.0 Å². The van der Waals surface area contributed by atoms with Crippen molar-refractivity contribution >= 4 is 23.4 Å². The number of benzene rings is 3. The van der Waals surface area contributed by atoms with Crippen LogP contribution in [0.4, 0.5) is 15.9 Å². The number of carbonyl (C=O) groups is 1. The quantitative estimate of drug-likeness (QED) is 0.202. The Bertz CT molecular complexity index is 1850. The zero-order valence-corrected chi connectivity index (χ0v) is 27.7. The van der Waals surface area contributed by atoms with Crippen LogP contribution in [-0.4, -0.2) is 72.0 Å². The van der Waals surface area contributed by atoms with E-state index < -0.39 is 5.82 Å². The number of nitrogens with zero attached hydrogens (tertiary/aromatic N) is 4. The molecule has 1 aliphatic carbocycles. The Labute approximate surface area is 280 Å². The number of ether oxygens (including phenoxy) is 3. The highest BCUT2D eigenvalue weighted by molar-refractivity contribution is 6.15. The number of likely N-dealkylation sites (tertiary alicyclic amines) is 1. The van der Waals surface area contributed by atoms with Gasteiger partial charge in [-0.25, -0.2) is 9.07 Å². The van der Waals surface area contributed by atoms with Gasteiger partial charge >= 0.3 is 0 Å². The molecule has 2 aliphatic heterocycles. The number of anilines is 2. The lowest BCUT2D eigenvalue weighted by molar-refractivity contribution is 0.0839. The van der Waals surface area contributed by atoms with Crippen LogP contribution < -0.4 is 20.1 Å². The van der Waals surface area contributed by atoms with Gasteiger partial charge in [0.1, 0.15) is 23.4 Å². The van der Waals surface area contributed by atoms with E-state index in [0.717, 1.165) is 67.1 Å². The van der Waals surface area contributed by atoms with Crippen molar-refractivity contribution in [2.45, 2.75) is 52.2 Å². The SMILES string of the molecule is Cc1cc(Oc2ccccc2F)ccc1-n1ncc(C(=O)C2=Cc3cc(OC4CCN(C(C)C)CC4)c(N4CCOCC4)cc3C2)c1N. The molecule has 9 nitrogen and oxygen atoms in total. The van der Waals surface area contributed by atoms with Crippen LogP contribution in [0.3, 0.4) is 0 Å². The third kappa shape index (κ3) is 6.42. The molecule has 2 N–H and O–H groups in total. The summed E-state index contributed by atoms with van der Waals surface area (Å²) in [5, 5.41) is 4.49. The van der Waals surface area contributed by atoms with Gasteiger partial charge in [-0.15, -0.1) is 0 Å². The van der Waals surface area contributed by atoms with Crippen LogP contribution >= 0.6 is 0 Å². The molecule has 0 spiro atoms. The number of nitrogens with two attached hydrogens (primary N) is 1. The summed E-state index contributed by atoms with van der Waals surface area (Å²) in [6.07, 6.45) is 6.12. The Morgan fingerprint density at radius 2 is 1.77 bits per heavy atom. The number of carbonyl (C=O) groups excluding carboxylic acids is 1. The third-order valence-electron chi connectivity index (χ3n) is 9.59. The van der Waals surface area contributed by atoms with Gasteiger partial charge in [0.25, 0.3) is 0 Å². The van der Waals surface area contributed by atoms with Crippen molar-refractivity contribution in [1.82, 2.24) is 14.7 Å². The van der Waals surface area contributed by atoms with Gasteiger partial charge in [0, 0.05) is 44.2 Å². The fourth-order valence-electron chi connectivity index (χ4n) is 6.82. The molecule has 0 atom stereocenters. The van der Waals surface area contributed by atoms with Gasteiger partial charge < -0.3 is 29.7 Å². The largest absolute Gasteiger partial charge is 0.488 e. The summed E-state index contributed by atoms with van der Waals surface area (Å²) in [5.41, 5.74) is 12.2. The minimum Gasteiger partial charge on any atom is -0.488 e. The maximum Gasteiger partial charge on any atom is 0.194 e. The zero-order chi connectivity index (χ0) is 33.4. The minimum absolute atomic E-state index is 0.143. The van der Waals surface area contributed by atoms with Crippen LogP contribution in [0.2, 0.25) is 0 Å². The fraction of sp³-hybridized carbons (Fsp3) is 0.368. The number of fused-ring (bicyclic) bond motifs is 1. The first-order valence-electron chi connectivity index (χ1n) is 16.8. The molecule has 3 aliphatic rings. The van der Waals surface area contributed by atoms with Crippen molar-refractivity contribution in [3.05, 3.63) is 94.4 Å². The van der Waals surface area contributed by atoms with E-state index in [1.165, 1.54) is 12.3 Å². The molecule has 0 bridgehead atoms. The molecular formula is C38H42FN5O4. The Morgan fingerprint density at radius 1 is 1.00 bits per heavy atom. The van der Waals surface area contributed by atoms with E-state index in [0.29, 0.717) is 48.2 Å². The van der Waals surface area contributed by atoms with Crippen LogP contribution in [0, 0.1) is 12.7 Å². The summed E-state index contributed by atoms with van der Waals surface area (Å²) < 4.78 is 33.8. The molecule has 1 aromatic heterocycles. The van der Waals surface area contributed by atoms with Gasteiger partial charge in [0.2, 0.25) is 0 Å². The van der Waals surface area contributed by atoms with Crippen LogP contribution in [0.25, 0.3) is 11.8 Å². The number of para-hydroxylation sites is 1. The summed E-state index contributed by atoms with van der Waals surface area (Å²) in [5.74, 6) is 1.17. The smallest absolute Gasteiger partial charge is 0.194 e. The maximum absolute atomic E-state index is 14.1. The van der Waals surface area contributed by atoms with E-state index in [2.05, 4.69) is 40.9 Å². The highest BCUT2D eigenvalue weighted by atomic mass is 19.1. The number of halogens is 1. The number of piperidine rings is 1. The second-order valence-electron chi connectivity index (χ2n) is 13.1. The predicted octanol–water partition coefficient (Wildman–Crippen LogP) is 6.60. The van der Waals surface area contributed by atoms with Gasteiger partial charge in [-0.1, -0.05) is 12.1 Å². The number of nitrogen functional groups attached to an aromatic ring is 1. The first-order chi connectivity index (χ1) is 23.2. The van der Waals surface area contributed by atoms with Crippen LogP contribution in [0.1, 0.15) is 53.7 Å². The number of Topliss-reactive ketones (excluding diaryl/α,β-unsaturated/α-hetero) is 1. The van der Waals surface area contributed by atoms with Gasteiger partial charge in [-0.3, -0.25) is 4.79 Å². The van der Waals surface area contributed by atoms with Crippen molar-refractivity contribution in [3.8, 4) is 22.9 Å². The number of ketones is 1. The third-order valence-corrected chi connectivity index (χ3v) is 9.59. The standard InChI is InChI=1S/C38H42FN5O4/c1-24(2)42-12-10-29(11-13-42)47-36-22-27-20-28(19-26(27)21-34(36)43-14-16-46-17-15-43)37(45)31-23-41-44(38(31)40)33-9-8-30(18-25(33)3)48-35-7-5-4-6-32(35)39/h4-9,18,20-24,29H,10-17,19,40H2,1-3H3. The summed E-state index contributed by atoms with van der Waals surface area (Å²) in [4.78, 5) is 18.7. The lowest BCUT2D eigenvalue weighted by atomic mass is 10.0. The van der Waals surface area contributed by atoms with Crippen molar-refractivity contribution in [3.63, 3.8) is 0 Å². The first kappa shape index (κ1) is 31.9. The van der Waals surface area contributed by atoms with E-state index in [1.807, 2.05) is 13.0 Å². The van der Waals surface area contributed by atoms with Gasteiger partial charge in [-0.05, 0) is 98.8 Å². The van der Waals surface area contributed by atoms with Gasteiger partial charge in [0.15, 0.2) is 17.3 Å². The molecule has 250 valence electrons. The van der Waals surface area contributed by atoms with Gasteiger partial charge in [0.05, 0.1) is 36.3 Å². The first-order valence-corrected chi connectivity index (χ1v) is 16.8. The number of hydrogen-bond acceptors (Lipinski definition) is 8. The van der Waals surface area contributed by atoms with E-state index in [9.17, 15) is 9.18 Å². The lowest BCUT2D eigenvalue weighted by Crippen LogP contribution is -2.42. The average Bonchev–Trinajstić information content (AvgIpc) is 3.69. The average molecular weight is 652 g/mol. The summed E-state index contributed by atoms with van der Waals surface area (Å²) >= 11 is 0. The Morgan fingerprint density at radius 3 is 2.50 bits per heavy atom. The Balaban J connectivity index is 1.11. The Hall–Kier alpha value is -4.67. The topological polar surface area (TPSA) is 95.1 Å². The fourth-order valence-corrected chi connectivity index (χ4v) is 6.82. The molecule has 2 saturated heterocycles. The zero-order valence-electron chi connectivity index (χ0n) is 27.7. The van der Waals surface area contributed by atoms with E-state index in [1.54, 1.807) is 41.1 Å². The van der Waals surface area contributed by atoms with E-state index >= 15 is 0 Å². The summed E-state index contributed by atoms with van der Waals surface area (Å²) in [7, 11) is 0. The normalized spacial score (nSPS) is 17.0. The lowest BCUT2D eigenvalue weighted by Gasteiger charge is -2.36. The van der Waals surface area contributed by atoms with Crippen LogP contribution in [0.15, 0.2) is 66.4 Å². The number of aryl methyl sites for hydroxylation is 1. The number of rotatable bonds is 9. The molecule has 10 heteroatoms. The molecule has 0 amide bonds. The van der Waals surface area contributed by atoms with Crippen molar-refractivity contribution in [2.24, 2.45) is 0 Å². The molecule has 0 radical (unpaired) electrons. The Kier molecular flexibility index (Phi) is 8.94. The number of hydrogen-bond donors (Lipinski definition) is 1. The molecule has 0 saturated carbocycles. The second-order valence-corrected chi connectivity index (χ2v) is 13.1. The maximum atomic E-state index is 14.1. The monoisotopic (exact) mass is 651 g/mol. The van der Waals surface area contributed by atoms with Crippen molar-refractivity contribution < 1.29 is 23.4 Å². The molecule has 3 aromatic carbocycles. The molecule has 48 heavy (non-hydrogen) atoms. The summed E-state index contributed by atoms with van der Waals surface area (Å²) in [6, 6.07) is 16.4. The molecule has 3 heterocycles. The molecule has 4 aromatic rings. The highest BCUT2D eigenvalue weighted by Gasteiger charge is 2.29. The molecule has 2 fully saturated rings. The van der Waals surface area contributed by atoms with Gasteiger partial charge in [-0.2, -0.15) is 5.10 Å². The van der Waals surface area contributed by atoms with Crippen LogP contribution in [0.5, 0.6) is 17.2 Å². The predicted molar refractivity (Wildman–Crippen MR) is 185 cm³/mol. The summed E-state index contributed by atoms with van der Waals surface area (Å²) in [6.45, 7) is 11.4. The number of allylic oxidation sites excluding steroid dienone is 1. The molecule has 0 unspecified atom stereocenters. The molecular weight excluding hydrogens is 609 g/mol. The van der Waals surface area contributed by atoms with Crippen LogP contribution in [-0.2, 0) is 11.2 Å². The second kappa shape index (κ2) is 13.4. The van der Waals surface area contributed by atoms with Crippen molar-refractivity contribution in [1.29, 1.82) is 0 Å². The number of morpholine rings is 1. The highest BCUT2D eigenvalue weighted by Crippen LogP contribution is 2.40. The number of aromatic nitrogens is 2. The van der Waals surface area contributed by atoms with E-state index in [4.69, 9.17) is 19.9 Å². The van der Waals surface area contributed by atoms with E-state index in [-0.39, 0.29) is 23.5 Å².